The summed E-state index contributed by atoms with van der Waals surface area (Å²) in [6, 6.07) is 0. The quantitative estimate of drug-likeness (QED) is 0.659. The van der Waals surface area contributed by atoms with E-state index in [9.17, 15) is 0 Å². The molecule has 0 aliphatic carbocycles. The number of piperidine rings is 1. The molecule has 1 aliphatic rings. The highest BCUT2D eigenvalue weighted by molar-refractivity contribution is 9.09. The van der Waals surface area contributed by atoms with E-state index < -0.39 is 0 Å². The van der Waals surface area contributed by atoms with Crippen molar-refractivity contribution in [3.05, 3.63) is 0 Å². The Hall–Kier alpha value is 0.440. The highest BCUT2D eigenvalue weighted by Gasteiger charge is 2.24. The van der Waals surface area contributed by atoms with Crippen LogP contribution in [0.25, 0.3) is 0 Å². The van der Waals surface area contributed by atoms with Gasteiger partial charge in [-0.15, -0.1) is 0 Å². The molecular formula is C14H28BrN. The SMILES string of the molecule is CCCCC(CC)CN1CCC(Br)C(C)C1. The summed E-state index contributed by atoms with van der Waals surface area (Å²) in [5, 5.41) is 0. The Morgan fingerprint density at radius 2 is 2.12 bits per heavy atom. The molecule has 0 spiro atoms. The van der Waals surface area contributed by atoms with Gasteiger partial charge < -0.3 is 4.90 Å². The lowest BCUT2D eigenvalue weighted by atomic mass is 9.95. The Labute approximate surface area is 110 Å². The minimum Gasteiger partial charge on any atom is -0.303 e. The molecule has 1 heterocycles. The van der Waals surface area contributed by atoms with Gasteiger partial charge in [-0.2, -0.15) is 0 Å². The lowest BCUT2D eigenvalue weighted by Gasteiger charge is -2.36. The normalized spacial score (nSPS) is 29.2. The summed E-state index contributed by atoms with van der Waals surface area (Å²) in [4.78, 5) is 3.44. The van der Waals surface area contributed by atoms with E-state index in [1.165, 1.54) is 51.7 Å². The number of nitrogens with zero attached hydrogens (tertiary/aromatic N) is 1. The van der Waals surface area contributed by atoms with Gasteiger partial charge in [0.15, 0.2) is 0 Å². The second-order valence-electron chi connectivity index (χ2n) is 5.46. The first-order valence-electron chi connectivity index (χ1n) is 7.03. The van der Waals surface area contributed by atoms with Gasteiger partial charge in [0, 0.05) is 17.9 Å². The van der Waals surface area contributed by atoms with Crippen LogP contribution in [0.3, 0.4) is 0 Å². The Morgan fingerprint density at radius 3 is 2.69 bits per heavy atom. The largest absolute Gasteiger partial charge is 0.303 e. The van der Waals surface area contributed by atoms with Crippen molar-refractivity contribution in [2.24, 2.45) is 11.8 Å². The van der Waals surface area contributed by atoms with Crippen molar-refractivity contribution in [1.82, 2.24) is 4.90 Å². The zero-order valence-corrected chi connectivity index (χ0v) is 12.8. The predicted octanol–water partition coefficient (Wildman–Crippen LogP) is 4.31. The number of hydrogen-bond acceptors (Lipinski definition) is 1. The molecule has 0 amide bonds. The third kappa shape index (κ3) is 4.75. The molecule has 3 unspecified atom stereocenters. The van der Waals surface area contributed by atoms with Crippen LogP contribution in [0, 0.1) is 11.8 Å². The fraction of sp³-hybridized carbons (Fsp3) is 1.00. The molecule has 0 radical (unpaired) electrons. The molecule has 1 aliphatic heterocycles. The highest BCUT2D eigenvalue weighted by Crippen LogP contribution is 2.25. The molecule has 1 rings (SSSR count). The molecule has 0 aromatic heterocycles. The minimum atomic E-state index is 0.750. The van der Waals surface area contributed by atoms with Gasteiger partial charge in [0.25, 0.3) is 0 Å². The molecule has 0 aromatic carbocycles. The lowest BCUT2D eigenvalue weighted by Crippen LogP contribution is -2.42. The van der Waals surface area contributed by atoms with Crippen molar-refractivity contribution >= 4 is 15.9 Å². The second kappa shape index (κ2) is 7.71. The van der Waals surface area contributed by atoms with Crippen molar-refractivity contribution in [3.8, 4) is 0 Å². The molecule has 1 nitrogen and oxygen atoms in total. The van der Waals surface area contributed by atoms with Gasteiger partial charge in [0.05, 0.1) is 0 Å². The van der Waals surface area contributed by atoms with Crippen molar-refractivity contribution in [1.29, 1.82) is 0 Å². The van der Waals surface area contributed by atoms with Gasteiger partial charge in [-0.3, -0.25) is 0 Å². The van der Waals surface area contributed by atoms with E-state index in [1.54, 1.807) is 0 Å². The molecule has 1 fully saturated rings. The average Bonchev–Trinajstić information content (AvgIpc) is 2.29. The molecule has 96 valence electrons. The highest BCUT2D eigenvalue weighted by atomic mass is 79.9. The average molecular weight is 290 g/mol. The summed E-state index contributed by atoms with van der Waals surface area (Å²) in [5.41, 5.74) is 0. The summed E-state index contributed by atoms with van der Waals surface area (Å²) in [6.45, 7) is 10.9. The Balaban J connectivity index is 2.29. The van der Waals surface area contributed by atoms with Crippen LogP contribution >= 0.6 is 15.9 Å². The smallest absolute Gasteiger partial charge is 0.0195 e. The molecule has 3 atom stereocenters. The van der Waals surface area contributed by atoms with Crippen molar-refractivity contribution in [3.63, 3.8) is 0 Å². The van der Waals surface area contributed by atoms with Crippen LogP contribution in [0.1, 0.15) is 52.9 Å². The number of unbranched alkanes of at least 4 members (excludes halogenated alkanes) is 1. The van der Waals surface area contributed by atoms with Crippen LogP contribution in [-0.2, 0) is 0 Å². The summed E-state index contributed by atoms with van der Waals surface area (Å²) in [6.07, 6.45) is 6.85. The summed E-state index contributed by atoms with van der Waals surface area (Å²) >= 11 is 3.78. The Bertz CT molecular complexity index is 184. The third-order valence-corrected chi connectivity index (χ3v) is 5.30. The van der Waals surface area contributed by atoms with Crippen LogP contribution in [0.2, 0.25) is 0 Å². The molecule has 1 saturated heterocycles. The number of alkyl halides is 1. The fourth-order valence-corrected chi connectivity index (χ4v) is 3.02. The predicted molar refractivity (Wildman–Crippen MR) is 76.2 cm³/mol. The van der Waals surface area contributed by atoms with Crippen molar-refractivity contribution in [2.45, 2.75) is 57.7 Å². The summed E-state index contributed by atoms with van der Waals surface area (Å²) in [5.74, 6) is 1.75. The number of rotatable bonds is 6. The maximum absolute atomic E-state index is 3.78. The number of halogens is 1. The maximum atomic E-state index is 3.78. The van der Waals surface area contributed by atoms with Crippen LogP contribution < -0.4 is 0 Å². The van der Waals surface area contributed by atoms with Crippen molar-refractivity contribution < 1.29 is 0 Å². The number of likely N-dealkylation sites (tertiary alicyclic amines) is 1. The van der Waals surface area contributed by atoms with Crippen LogP contribution in [-0.4, -0.2) is 29.4 Å². The van der Waals surface area contributed by atoms with Gasteiger partial charge in [-0.25, -0.2) is 0 Å². The van der Waals surface area contributed by atoms with E-state index in [4.69, 9.17) is 0 Å². The first kappa shape index (κ1) is 14.5. The zero-order valence-electron chi connectivity index (χ0n) is 11.2. The van der Waals surface area contributed by atoms with Crippen molar-refractivity contribution in [2.75, 3.05) is 19.6 Å². The van der Waals surface area contributed by atoms with Gasteiger partial charge in [0.2, 0.25) is 0 Å². The van der Waals surface area contributed by atoms with Crippen LogP contribution in [0.4, 0.5) is 0 Å². The minimum absolute atomic E-state index is 0.750. The van der Waals surface area contributed by atoms with Gasteiger partial charge in [-0.05, 0) is 31.2 Å². The molecule has 16 heavy (non-hydrogen) atoms. The van der Waals surface area contributed by atoms with E-state index in [2.05, 4.69) is 41.6 Å². The van der Waals surface area contributed by atoms with Gasteiger partial charge in [-0.1, -0.05) is 56.0 Å². The lowest BCUT2D eigenvalue weighted by molar-refractivity contribution is 0.158. The zero-order chi connectivity index (χ0) is 12.0. The topological polar surface area (TPSA) is 3.24 Å². The van der Waals surface area contributed by atoms with E-state index in [-0.39, 0.29) is 0 Å². The van der Waals surface area contributed by atoms with E-state index in [0.29, 0.717) is 0 Å². The van der Waals surface area contributed by atoms with E-state index >= 15 is 0 Å². The number of hydrogen-bond donors (Lipinski definition) is 0. The molecule has 0 N–H and O–H groups in total. The maximum Gasteiger partial charge on any atom is 0.0195 e. The first-order valence-corrected chi connectivity index (χ1v) is 7.95. The third-order valence-electron chi connectivity index (χ3n) is 3.94. The van der Waals surface area contributed by atoms with Gasteiger partial charge in [0.1, 0.15) is 0 Å². The van der Waals surface area contributed by atoms with Crippen LogP contribution in [0.5, 0.6) is 0 Å². The standard InChI is InChI=1S/C14H28BrN/c1-4-6-7-13(5-2)11-16-9-8-14(15)12(3)10-16/h12-14H,4-11H2,1-3H3. The Kier molecular flexibility index (Phi) is 6.98. The molecule has 2 heteroatoms. The van der Waals surface area contributed by atoms with E-state index in [1.807, 2.05) is 0 Å². The summed E-state index contributed by atoms with van der Waals surface area (Å²) < 4.78 is 0. The van der Waals surface area contributed by atoms with E-state index in [0.717, 1.165) is 16.7 Å². The van der Waals surface area contributed by atoms with Crippen LogP contribution in [0.15, 0.2) is 0 Å². The molecular weight excluding hydrogens is 262 g/mol. The molecule has 0 aromatic rings. The van der Waals surface area contributed by atoms with Gasteiger partial charge >= 0.3 is 0 Å². The summed E-state index contributed by atoms with van der Waals surface area (Å²) in [7, 11) is 0. The fourth-order valence-electron chi connectivity index (χ4n) is 2.65. The second-order valence-corrected chi connectivity index (χ2v) is 6.63. The first-order chi connectivity index (χ1) is 7.67. The molecule has 0 saturated carbocycles. The monoisotopic (exact) mass is 289 g/mol. The molecule has 0 bridgehead atoms. The Morgan fingerprint density at radius 1 is 1.38 bits per heavy atom.